The number of Topliss-reactive ketones (excluding diaryl/α,β-unsaturated/α-hetero) is 1. The number of nitrogens with zero attached hydrogens (tertiary/aromatic N) is 2. The van der Waals surface area contributed by atoms with Gasteiger partial charge in [0.05, 0.1) is 12.1 Å². The van der Waals surface area contributed by atoms with Crippen molar-refractivity contribution >= 4 is 18.0 Å². The summed E-state index contributed by atoms with van der Waals surface area (Å²) in [5.74, 6) is -0.185. The quantitative estimate of drug-likeness (QED) is 0.662. The zero-order valence-electron chi connectivity index (χ0n) is 20.7. The summed E-state index contributed by atoms with van der Waals surface area (Å²) in [5.41, 5.74) is 6.41. The monoisotopic (exact) mass is 461 g/mol. The molecule has 1 aromatic carbocycles. The standard InChI is InChI=1S/C25H39N3O5/c1-17(2)21(26)22(29)20-14-19(12-13-28(20)24(31)33-25(3,4)5)15-27(6)23(30)32-16-18-10-8-7-9-11-18/h7-11,17,19-21H,12-16,26H2,1-6H3. The van der Waals surface area contributed by atoms with E-state index in [2.05, 4.69) is 0 Å². The van der Waals surface area contributed by atoms with Crippen LogP contribution in [-0.4, -0.2) is 65.6 Å². The van der Waals surface area contributed by atoms with Crippen LogP contribution in [-0.2, 0) is 20.9 Å². The number of hydrogen-bond donors (Lipinski definition) is 1. The minimum absolute atomic E-state index is 0.0336. The van der Waals surface area contributed by atoms with Crippen LogP contribution in [0.2, 0.25) is 0 Å². The van der Waals surface area contributed by atoms with E-state index in [1.807, 2.05) is 44.2 Å². The third-order valence-corrected chi connectivity index (χ3v) is 5.76. The van der Waals surface area contributed by atoms with Crippen LogP contribution in [0, 0.1) is 11.8 Å². The number of piperidine rings is 1. The molecule has 184 valence electrons. The van der Waals surface area contributed by atoms with Crippen LogP contribution in [0.5, 0.6) is 0 Å². The van der Waals surface area contributed by atoms with Crippen molar-refractivity contribution in [2.45, 2.75) is 71.8 Å². The number of likely N-dealkylation sites (tertiary alicyclic amines) is 1. The van der Waals surface area contributed by atoms with Gasteiger partial charge in [0, 0.05) is 20.1 Å². The van der Waals surface area contributed by atoms with Crippen molar-refractivity contribution in [1.82, 2.24) is 9.80 Å². The molecule has 3 unspecified atom stereocenters. The van der Waals surface area contributed by atoms with Gasteiger partial charge < -0.3 is 20.1 Å². The van der Waals surface area contributed by atoms with Crippen molar-refractivity contribution in [3.05, 3.63) is 35.9 Å². The Morgan fingerprint density at radius 1 is 1.18 bits per heavy atom. The lowest BCUT2D eigenvalue weighted by Gasteiger charge is -2.41. The molecule has 8 nitrogen and oxygen atoms in total. The summed E-state index contributed by atoms with van der Waals surface area (Å²) >= 11 is 0. The summed E-state index contributed by atoms with van der Waals surface area (Å²) in [6.07, 6.45) is 0.145. The zero-order valence-corrected chi connectivity index (χ0v) is 20.7. The molecule has 2 rings (SSSR count). The van der Waals surface area contributed by atoms with E-state index in [9.17, 15) is 14.4 Å². The molecule has 1 saturated heterocycles. The Hall–Kier alpha value is -2.61. The lowest BCUT2D eigenvalue weighted by molar-refractivity contribution is -0.128. The SMILES string of the molecule is CC(C)C(N)C(=O)C1CC(CN(C)C(=O)OCc2ccccc2)CCN1C(=O)OC(C)(C)C. The molecule has 1 aliphatic heterocycles. The molecule has 0 aromatic heterocycles. The fraction of sp³-hybridized carbons (Fsp3) is 0.640. The third-order valence-electron chi connectivity index (χ3n) is 5.76. The predicted octanol–water partition coefficient (Wildman–Crippen LogP) is 3.82. The largest absolute Gasteiger partial charge is 0.445 e. The minimum atomic E-state index is -0.676. The zero-order chi connectivity index (χ0) is 24.8. The van der Waals surface area contributed by atoms with Gasteiger partial charge in [-0.25, -0.2) is 9.59 Å². The highest BCUT2D eigenvalue weighted by Gasteiger charge is 2.40. The maximum absolute atomic E-state index is 13.2. The highest BCUT2D eigenvalue weighted by atomic mass is 16.6. The van der Waals surface area contributed by atoms with Crippen LogP contribution >= 0.6 is 0 Å². The number of ketones is 1. The van der Waals surface area contributed by atoms with E-state index in [0.717, 1.165) is 5.56 Å². The summed E-state index contributed by atoms with van der Waals surface area (Å²) in [6, 6.07) is 8.14. The van der Waals surface area contributed by atoms with E-state index in [4.69, 9.17) is 15.2 Å². The van der Waals surface area contributed by atoms with Gasteiger partial charge in [0.2, 0.25) is 0 Å². The number of carbonyl (C=O) groups excluding carboxylic acids is 3. The van der Waals surface area contributed by atoms with Gasteiger partial charge in [-0.3, -0.25) is 9.69 Å². The van der Waals surface area contributed by atoms with Gasteiger partial charge in [-0.1, -0.05) is 44.2 Å². The average molecular weight is 462 g/mol. The van der Waals surface area contributed by atoms with Crippen molar-refractivity contribution in [1.29, 1.82) is 0 Å². The van der Waals surface area contributed by atoms with Gasteiger partial charge in [-0.05, 0) is 51.0 Å². The number of ether oxygens (including phenoxy) is 2. The van der Waals surface area contributed by atoms with Gasteiger partial charge in [-0.15, -0.1) is 0 Å². The first-order valence-electron chi connectivity index (χ1n) is 11.6. The van der Waals surface area contributed by atoms with E-state index in [1.54, 1.807) is 27.8 Å². The molecule has 1 aromatic rings. The normalized spacial score (nSPS) is 19.7. The molecule has 0 radical (unpaired) electrons. The number of hydrogen-bond acceptors (Lipinski definition) is 6. The van der Waals surface area contributed by atoms with Crippen LogP contribution < -0.4 is 5.73 Å². The number of amides is 2. The molecule has 3 atom stereocenters. The molecule has 0 aliphatic carbocycles. The third kappa shape index (κ3) is 8.03. The lowest BCUT2D eigenvalue weighted by atomic mass is 9.84. The van der Waals surface area contributed by atoms with Crippen molar-refractivity contribution in [2.75, 3.05) is 20.1 Å². The summed E-state index contributed by atoms with van der Waals surface area (Å²) < 4.78 is 10.9. The van der Waals surface area contributed by atoms with Gasteiger partial charge in [0.15, 0.2) is 5.78 Å². The maximum Gasteiger partial charge on any atom is 0.410 e. The number of nitrogens with two attached hydrogens (primary N) is 1. The Kier molecular flexibility index (Phi) is 9.28. The molecule has 2 N–H and O–H groups in total. The fourth-order valence-electron chi connectivity index (χ4n) is 3.85. The first-order chi connectivity index (χ1) is 15.4. The predicted molar refractivity (Wildman–Crippen MR) is 127 cm³/mol. The summed E-state index contributed by atoms with van der Waals surface area (Å²) in [5, 5.41) is 0. The summed E-state index contributed by atoms with van der Waals surface area (Å²) in [6.45, 7) is 10.2. The second-order valence-electron chi connectivity index (χ2n) is 10.2. The van der Waals surface area contributed by atoms with E-state index in [0.29, 0.717) is 25.9 Å². The van der Waals surface area contributed by atoms with Crippen LogP contribution in [0.25, 0.3) is 0 Å². The Bertz CT molecular complexity index is 806. The Morgan fingerprint density at radius 3 is 2.39 bits per heavy atom. The second kappa shape index (κ2) is 11.5. The molecule has 2 amide bonds. The van der Waals surface area contributed by atoms with Crippen LogP contribution in [0.3, 0.4) is 0 Å². The average Bonchev–Trinajstić information content (AvgIpc) is 2.75. The topological polar surface area (TPSA) is 102 Å². The van der Waals surface area contributed by atoms with E-state index < -0.39 is 29.9 Å². The molecular weight excluding hydrogens is 422 g/mol. The molecule has 8 heteroatoms. The smallest absolute Gasteiger partial charge is 0.410 e. The van der Waals surface area contributed by atoms with Gasteiger partial charge in [0.25, 0.3) is 0 Å². The Morgan fingerprint density at radius 2 is 1.82 bits per heavy atom. The molecular formula is C25H39N3O5. The minimum Gasteiger partial charge on any atom is -0.445 e. The van der Waals surface area contributed by atoms with E-state index in [-0.39, 0.29) is 24.2 Å². The van der Waals surface area contributed by atoms with Gasteiger partial charge in [-0.2, -0.15) is 0 Å². The second-order valence-corrected chi connectivity index (χ2v) is 10.2. The van der Waals surface area contributed by atoms with Crippen molar-refractivity contribution in [3.63, 3.8) is 0 Å². The summed E-state index contributed by atoms with van der Waals surface area (Å²) in [4.78, 5) is 41.5. The lowest BCUT2D eigenvalue weighted by Crippen LogP contribution is -2.57. The Balaban J connectivity index is 2.03. The fourth-order valence-corrected chi connectivity index (χ4v) is 3.85. The highest BCUT2D eigenvalue weighted by molar-refractivity contribution is 5.91. The molecule has 1 aliphatic rings. The molecule has 0 spiro atoms. The van der Waals surface area contributed by atoms with Crippen molar-refractivity contribution < 1.29 is 23.9 Å². The summed E-state index contributed by atoms with van der Waals surface area (Å²) in [7, 11) is 1.68. The van der Waals surface area contributed by atoms with Crippen molar-refractivity contribution in [2.24, 2.45) is 17.6 Å². The van der Waals surface area contributed by atoms with E-state index in [1.165, 1.54) is 9.80 Å². The van der Waals surface area contributed by atoms with E-state index >= 15 is 0 Å². The molecule has 0 saturated carbocycles. The molecule has 33 heavy (non-hydrogen) atoms. The first kappa shape index (κ1) is 26.6. The van der Waals surface area contributed by atoms with Crippen LogP contribution in [0.15, 0.2) is 30.3 Å². The highest BCUT2D eigenvalue weighted by Crippen LogP contribution is 2.27. The molecule has 1 heterocycles. The van der Waals surface area contributed by atoms with Gasteiger partial charge >= 0.3 is 12.2 Å². The number of rotatable bonds is 7. The molecule has 0 bridgehead atoms. The van der Waals surface area contributed by atoms with Gasteiger partial charge in [0.1, 0.15) is 12.2 Å². The van der Waals surface area contributed by atoms with Crippen LogP contribution in [0.4, 0.5) is 9.59 Å². The maximum atomic E-state index is 13.2. The molecule has 1 fully saturated rings. The first-order valence-corrected chi connectivity index (χ1v) is 11.6. The number of benzene rings is 1. The Labute approximate surface area is 197 Å². The van der Waals surface area contributed by atoms with Crippen LogP contribution in [0.1, 0.15) is 53.0 Å². The van der Waals surface area contributed by atoms with Crippen molar-refractivity contribution in [3.8, 4) is 0 Å². The number of carbonyl (C=O) groups is 3.